The van der Waals surface area contributed by atoms with Crippen LogP contribution < -0.4 is 10.2 Å². The smallest absolute Gasteiger partial charge is 0.137 e. The summed E-state index contributed by atoms with van der Waals surface area (Å²) >= 11 is 0. The third-order valence-electron chi connectivity index (χ3n) is 2.87. The van der Waals surface area contributed by atoms with Crippen LogP contribution in [0, 0.1) is 0 Å². The molecule has 4 nitrogen and oxygen atoms in total. The van der Waals surface area contributed by atoms with Crippen molar-refractivity contribution >= 4 is 11.6 Å². The van der Waals surface area contributed by atoms with E-state index in [1.54, 1.807) is 6.33 Å². The second-order valence-corrected chi connectivity index (χ2v) is 4.30. The van der Waals surface area contributed by atoms with Gasteiger partial charge >= 0.3 is 0 Å². The monoisotopic (exact) mass is 236 g/mol. The van der Waals surface area contributed by atoms with Crippen LogP contribution in [0.4, 0.5) is 11.6 Å². The van der Waals surface area contributed by atoms with Crippen LogP contribution in [-0.2, 0) is 6.42 Å². The molecule has 1 N–H and O–H groups in total. The van der Waals surface area contributed by atoms with Crippen LogP contribution in [0.15, 0.2) is 6.33 Å². The first-order chi connectivity index (χ1) is 8.24. The van der Waals surface area contributed by atoms with Crippen molar-refractivity contribution in [1.82, 2.24) is 9.97 Å². The number of hydrogen-bond donors (Lipinski definition) is 1. The maximum absolute atomic E-state index is 4.43. The Bertz CT molecular complexity index is 338. The molecule has 1 aromatic rings. The van der Waals surface area contributed by atoms with Crippen LogP contribution in [-0.4, -0.2) is 30.6 Å². The van der Waals surface area contributed by atoms with Crippen LogP contribution in [0.2, 0.25) is 0 Å². The van der Waals surface area contributed by atoms with Gasteiger partial charge in [-0.05, 0) is 12.8 Å². The van der Waals surface area contributed by atoms with Crippen LogP contribution in [0.5, 0.6) is 0 Å². The van der Waals surface area contributed by atoms with Crippen LogP contribution >= 0.6 is 0 Å². The van der Waals surface area contributed by atoms with E-state index in [0.29, 0.717) is 0 Å². The standard InChI is InChI=1S/C13H24N4/c1-5-7-9-17(4)13-11(8-6-2)12(14-3)15-10-16-13/h10H,5-9H2,1-4H3,(H,14,15,16). The Labute approximate surface area is 104 Å². The number of unbranched alkanes of at least 4 members (excludes halogenated alkanes) is 1. The molecule has 0 aliphatic heterocycles. The number of rotatable bonds is 7. The first-order valence-corrected chi connectivity index (χ1v) is 6.47. The number of aromatic nitrogens is 2. The van der Waals surface area contributed by atoms with Gasteiger partial charge in [0, 0.05) is 26.2 Å². The van der Waals surface area contributed by atoms with E-state index in [9.17, 15) is 0 Å². The summed E-state index contributed by atoms with van der Waals surface area (Å²) in [5, 5.41) is 3.15. The lowest BCUT2D eigenvalue weighted by Crippen LogP contribution is -2.22. The molecule has 0 saturated carbocycles. The minimum absolute atomic E-state index is 0.959. The van der Waals surface area contributed by atoms with Gasteiger partial charge in [0.05, 0.1) is 0 Å². The minimum Gasteiger partial charge on any atom is -0.373 e. The van der Waals surface area contributed by atoms with Crippen molar-refractivity contribution in [2.45, 2.75) is 39.5 Å². The fraction of sp³-hybridized carbons (Fsp3) is 0.692. The average molecular weight is 236 g/mol. The highest BCUT2D eigenvalue weighted by molar-refractivity contribution is 5.58. The first-order valence-electron chi connectivity index (χ1n) is 6.47. The molecule has 0 radical (unpaired) electrons. The molecule has 0 atom stereocenters. The number of hydrogen-bond acceptors (Lipinski definition) is 4. The maximum atomic E-state index is 4.43. The second kappa shape index (κ2) is 7.09. The maximum Gasteiger partial charge on any atom is 0.137 e. The van der Waals surface area contributed by atoms with Gasteiger partial charge in [0.1, 0.15) is 18.0 Å². The van der Waals surface area contributed by atoms with Gasteiger partial charge in [0.15, 0.2) is 0 Å². The molecular weight excluding hydrogens is 212 g/mol. The van der Waals surface area contributed by atoms with Gasteiger partial charge in [0.2, 0.25) is 0 Å². The van der Waals surface area contributed by atoms with Gasteiger partial charge in [-0.2, -0.15) is 0 Å². The summed E-state index contributed by atoms with van der Waals surface area (Å²) in [5.41, 5.74) is 1.23. The van der Waals surface area contributed by atoms with Crippen molar-refractivity contribution in [2.75, 3.05) is 30.9 Å². The van der Waals surface area contributed by atoms with E-state index in [2.05, 4.69) is 41.1 Å². The third kappa shape index (κ3) is 3.58. The van der Waals surface area contributed by atoms with E-state index < -0.39 is 0 Å². The number of anilines is 2. The highest BCUT2D eigenvalue weighted by Crippen LogP contribution is 2.24. The number of nitrogens with one attached hydrogen (secondary N) is 1. The Morgan fingerprint density at radius 1 is 1.24 bits per heavy atom. The SMILES string of the molecule is CCCCN(C)c1ncnc(NC)c1CCC. The zero-order chi connectivity index (χ0) is 12.7. The molecule has 0 bridgehead atoms. The molecule has 4 heteroatoms. The molecule has 0 unspecified atom stereocenters. The lowest BCUT2D eigenvalue weighted by molar-refractivity contribution is 0.751. The van der Waals surface area contributed by atoms with Gasteiger partial charge in [-0.1, -0.05) is 26.7 Å². The molecular formula is C13H24N4. The lowest BCUT2D eigenvalue weighted by atomic mass is 10.1. The van der Waals surface area contributed by atoms with E-state index in [4.69, 9.17) is 0 Å². The first kappa shape index (κ1) is 13.7. The van der Waals surface area contributed by atoms with Gasteiger partial charge in [-0.3, -0.25) is 0 Å². The normalized spacial score (nSPS) is 10.4. The quantitative estimate of drug-likeness (QED) is 0.790. The molecule has 0 fully saturated rings. The predicted molar refractivity (Wildman–Crippen MR) is 73.8 cm³/mol. The summed E-state index contributed by atoms with van der Waals surface area (Å²) in [6.45, 7) is 5.44. The van der Waals surface area contributed by atoms with Gasteiger partial charge in [0.25, 0.3) is 0 Å². The second-order valence-electron chi connectivity index (χ2n) is 4.30. The summed E-state index contributed by atoms with van der Waals surface area (Å²) in [7, 11) is 4.02. The van der Waals surface area contributed by atoms with Crippen molar-refractivity contribution in [3.05, 3.63) is 11.9 Å². The van der Waals surface area contributed by atoms with Crippen molar-refractivity contribution in [3.63, 3.8) is 0 Å². The van der Waals surface area contributed by atoms with Gasteiger partial charge in [-0.15, -0.1) is 0 Å². The van der Waals surface area contributed by atoms with E-state index >= 15 is 0 Å². The van der Waals surface area contributed by atoms with Crippen LogP contribution in [0.25, 0.3) is 0 Å². The summed E-state index contributed by atoms with van der Waals surface area (Å²) in [4.78, 5) is 11.0. The summed E-state index contributed by atoms with van der Waals surface area (Å²) in [6, 6.07) is 0. The third-order valence-corrected chi connectivity index (χ3v) is 2.87. The van der Waals surface area contributed by atoms with Crippen molar-refractivity contribution in [3.8, 4) is 0 Å². The molecule has 1 rings (SSSR count). The Morgan fingerprint density at radius 2 is 2.00 bits per heavy atom. The zero-order valence-corrected chi connectivity index (χ0v) is 11.5. The topological polar surface area (TPSA) is 41.1 Å². The van der Waals surface area contributed by atoms with Crippen LogP contribution in [0.3, 0.4) is 0 Å². The number of nitrogens with zero attached hydrogens (tertiary/aromatic N) is 3. The van der Waals surface area contributed by atoms with E-state index in [1.165, 1.54) is 18.4 Å². The Hall–Kier alpha value is -1.32. The van der Waals surface area contributed by atoms with Gasteiger partial charge in [-0.25, -0.2) is 9.97 Å². The molecule has 0 amide bonds. The zero-order valence-electron chi connectivity index (χ0n) is 11.5. The summed E-state index contributed by atoms with van der Waals surface area (Å²) in [6.07, 6.45) is 6.17. The molecule has 0 spiro atoms. The molecule has 0 aromatic carbocycles. The van der Waals surface area contributed by atoms with E-state index in [1.807, 2.05) is 7.05 Å². The average Bonchev–Trinajstić information content (AvgIpc) is 2.36. The summed E-state index contributed by atoms with van der Waals surface area (Å²) in [5.74, 6) is 2.03. The largest absolute Gasteiger partial charge is 0.373 e. The Kier molecular flexibility index (Phi) is 5.73. The fourth-order valence-corrected chi connectivity index (χ4v) is 1.93. The predicted octanol–water partition coefficient (Wildman–Crippen LogP) is 2.71. The van der Waals surface area contributed by atoms with Crippen molar-refractivity contribution in [1.29, 1.82) is 0 Å². The Balaban J connectivity index is 2.95. The minimum atomic E-state index is 0.959. The van der Waals surface area contributed by atoms with E-state index in [-0.39, 0.29) is 0 Å². The fourth-order valence-electron chi connectivity index (χ4n) is 1.93. The van der Waals surface area contributed by atoms with Crippen molar-refractivity contribution in [2.24, 2.45) is 0 Å². The lowest BCUT2D eigenvalue weighted by Gasteiger charge is -2.22. The molecule has 17 heavy (non-hydrogen) atoms. The van der Waals surface area contributed by atoms with Crippen molar-refractivity contribution < 1.29 is 0 Å². The highest BCUT2D eigenvalue weighted by Gasteiger charge is 2.12. The highest BCUT2D eigenvalue weighted by atomic mass is 15.2. The molecule has 0 aliphatic rings. The molecule has 1 heterocycles. The molecule has 0 saturated heterocycles. The van der Waals surface area contributed by atoms with E-state index in [0.717, 1.165) is 31.0 Å². The molecule has 96 valence electrons. The molecule has 1 aromatic heterocycles. The van der Waals surface area contributed by atoms with Gasteiger partial charge < -0.3 is 10.2 Å². The summed E-state index contributed by atoms with van der Waals surface area (Å²) < 4.78 is 0. The Morgan fingerprint density at radius 3 is 2.59 bits per heavy atom. The van der Waals surface area contributed by atoms with Crippen LogP contribution in [0.1, 0.15) is 38.7 Å². The molecule has 0 aliphatic carbocycles.